The van der Waals surface area contributed by atoms with Crippen LogP contribution in [-0.4, -0.2) is 69.9 Å². The lowest BCUT2D eigenvalue weighted by molar-refractivity contribution is 0.0220. The first kappa shape index (κ1) is 25.5. The molecule has 172 valence electrons. The van der Waals surface area contributed by atoms with Crippen LogP contribution in [0.5, 0.6) is 5.75 Å². The molecule has 1 atom stereocenters. The minimum absolute atomic E-state index is 0. The molecule has 1 fully saturated rings. The van der Waals surface area contributed by atoms with Crippen LogP contribution in [0.2, 0.25) is 0 Å². The number of rotatable bonds is 10. The first-order chi connectivity index (χ1) is 14.7. The zero-order valence-corrected chi connectivity index (χ0v) is 20.8. The summed E-state index contributed by atoms with van der Waals surface area (Å²) in [6.07, 6.45) is 3.45. The number of ether oxygens (including phenoxy) is 2. The molecule has 1 aliphatic rings. The van der Waals surface area contributed by atoms with Crippen LogP contribution >= 0.6 is 24.0 Å². The minimum Gasteiger partial charge on any atom is -0.497 e. The second kappa shape index (κ2) is 14.3. The zero-order chi connectivity index (χ0) is 21.0. The van der Waals surface area contributed by atoms with Gasteiger partial charge < -0.3 is 24.5 Å². The molecular weight excluding hydrogens is 507 g/mol. The lowest BCUT2D eigenvalue weighted by Crippen LogP contribution is -2.45. The van der Waals surface area contributed by atoms with Gasteiger partial charge in [0.1, 0.15) is 11.5 Å². The maximum absolute atomic E-state index is 5.45. The highest BCUT2D eigenvalue weighted by Crippen LogP contribution is 2.11. The number of nitrogens with zero attached hydrogens (tertiary/aromatic N) is 2. The molecular formula is C23H35IN4O3. The largest absolute Gasteiger partial charge is 0.497 e. The number of halogens is 1. The van der Waals surface area contributed by atoms with Gasteiger partial charge in [-0.2, -0.15) is 0 Å². The summed E-state index contributed by atoms with van der Waals surface area (Å²) in [5, 5.41) is 6.91. The number of aliphatic imine (C=N–C) groups is 1. The fourth-order valence-corrected chi connectivity index (χ4v) is 3.41. The van der Waals surface area contributed by atoms with Gasteiger partial charge in [-0.3, -0.25) is 9.89 Å². The van der Waals surface area contributed by atoms with Crippen molar-refractivity contribution in [2.24, 2.45) is 4.99 Å². The molecule has 1 unspecified atom stereocenters. The second-order valence-corrected chi connectivity index (χ2v) is 7.47. The number of methoxy groups -OCH3 is 1. The van der Waals surface area contributed by atoms with Crippen LogP contribution in [0.3, 0.4) is 0 Å². The van der Waals surface area contributed by atoms with E-state index in [1.807, 2.05) is 24.3 Å². The van der Waals surface area contributed by atoms with Crippen molar-refractivity contribution in [3.8, 4) is 5.75 Å². The van der Waals surface area contributed by atoms with Crippen molar-refractivity contribution in [3.63, 3.8) is 0 Å². The highest BCUT2D eigenvalue weighted by Gasteiger charge is 2.16. The maximum Gasteiger partial charge on any atom is 0.191 e. The molecule has 0 spiro atoms. The first-order valence-electron chi connectivity index (χ1n) is 10.7. The van der Waals surface area contributed by atoms with Crippen LogP contribution in [0.25, 0.3) is 0 Å². The van der Waals surface area contributed by atoms with Crippen molar-refractivity contribution >= 4 is 29.9 Å². The Morgan fingerprint density at radius 2 is 1.81 bits per heavy atom. The minimum atomic E-state index is 0. The normalized spacial score (nSPS) is 15.7. The first-order valence-corrected chi connectivity index (χ1v) is 10.7. The van der Waals surface area contributed by atoms with E-state index in [1.165, 1.54) is 5.56 Å². The molecule has 1 aromatic heterocycles. The lowest BCUT2D eigenvalue weighted by atomic mass is 10.1. The van der Waals surface area contributed by atoms with Crippen LogP contribution in [0.4, 0.5) is 0 Å². The summed E-state index contributed by atoms with van der Waals surface area (Å²) in [5.41, 5.74) is 1.26. The van der Waals surface area contributed by atoms with E-state index in [-0.39, 0.29) is 24.0 Å². The number of morpholine rings is 1. The highest BCUT2D eigenvalue weighted by atomic mass is 127. The maximum atomic E-state index is 5.45. The third-order valence-corrected chi connectivity index (χ3v) is 5.29. The molecule has 0 saturated carbocycles. The summed E-state index contributed by atoms with van der Waals surface area (Å²) in [5.74, 6) is 2.70. The molecule has 1 aliphatic heterocycles. The Morgan fingerprint density at radius 3 is 2.45 bits per heavy atom. The van der Waals surface area contributed by atoms with Crippen molar-refractivity contribution in [1.82, 2.24) is 15.5 Å². The molecule has 0 aliphatic carbocycles. The molecule has 0 amide bonds. The van der Waals surface area contributed by atoms with E-state index >= 15 is 0 Å². The number of benzene rings is 1. The van der Waals surface area contributed by atoms with Crippen LogP contribution in [-0.2, 0) is 17.6 Å². The molecule has 31 heavy (non-hydrogen) atoms. The van der Waals surface area contributed by atoms with Crippen LogP contribution < -0.4 is 15.4 Å². The summed E-state index contributed by atoms with van der Waals surface area (Å²) in [6.45, 7) is 8.13. The predicted octanol–water partition coefficient (Wildman–Crippen LogP) is 2.95. The van der Waals surface area contributed by atoms with Gasteiger partial charge in [0, 0.05) is 38.6 Å². The predicted molar refractivity (Wildman–Crippen MR) is 135 cm³/mol. The molecule has 2 aromatic rings. The zero-order valence-electron chi connectivity index (χ0n) is 18.5. The van der Waals surface area contributed by atoms with Crippen LogP contribution in [0, 0.1) is 0 Å². The monoisotopic (exact) mass is 542 g/mol. The van der Waals surface area contributed by atoms with E-state index in [0.717, 1.165) is 76.2 Å². The van der Waals surface area contributed by atoms with Gasteiger partial charge in [-0.05, 0) is 43.2 Å². The van der Waals surface area contributed by atoms with Gasteiger partial charge >= 0.3 is 0 Å². The van der Waals surface area contributed by atoms with E-state index in [9.17, 15) is 0 Å². The molecule has 1 aromatic carbocycles. The van der Waals surface area contributed by atoms with Crippen molar-refractivity contribution < 1.29 is 13.9 Å². The van der Waals surface area contributed by atoms with Crippen LogP contribution in [0.1, 0.15) is 18.2 Å². The molecule has 2 heterocycles. The summed E-state index contributed by atoms with van der Waals surface area (Å²) < 4.78 is 16.1. The molecule has 7 nitrogen and oxygen atoms in total. The van der Waals surface area contributed by atoms with E-state index in [4.69, 9.17) is 18.9 Å². The van der Waals surface area contributed by atoms with Gasteiger partial charge in [-0.1, -0.05) is 12.1 Å². The van der Waals surface area contributed by atoms with Crippen molar-refractivity contribution in [1.29, 1.82) is 0 Å². The van der Waals surface area contributed by atoms with Gasteiger partial charge in [-0.15, -0.1) is 24.0 Å². The Balaban J connectivity index is 0.00000341. The van der Waals surface area contributed by atoms with E-state index in [0.29, 0.717) is 6.04 Å². The smallest absolute Gasteiger partial charge is 0.191 e. The molecule has 0 radical (unpaired) electrons. The molecule has 3 rings (SSSR count). The van der Waals surface area contributed by atoms with Crippen molar-refractivity contribution in [2.75, 3.05) is 53.0 Å². The number of nitrogens with one attached hydrogen (secondary N) is 2. The molecule has 0 bridgehead atoms. The van der Waals surface area contributed by atoms with Gasteiger partial charge in [0.05, 0.1) is 33.1 Å². The fourth-order valence-electron chi connectivity index (χ4n) is 3.41. The van der Waals surface area contributed by atoms with Gasteiger partial charge in [0.2, 0.25) is 0 Å². The average Bonchev–Trinajstić information content (AvgIpc) is 3.31. The quantitative estimate of drug-likeness (QED) is 0.274. The molecule has 2 N–H and O–H groups in total. The molecule has 1 saturated heterocycles. The average molecular weight is 542 g/mol. The van der Waals surface area contributed by atoms with Gasteiger partial charge in [-0.25, -0.2) is 0 Å². The fraction of sp³-hybridized carbons (Fsp3) is 0.522. The van der Waals surface area contributed by atoms with Crippen molar-refractivity contribution in [2.45, 2.75) is 25.8 Å². The Bertz CT molecular complexity index is 747. The summed E-state index contributed by atoms with van der Waals surface area (Å²) >= 11 is 0. The standard InChI is InChI=1S/C23H34N4O3.HI/c1-19(27-13-16-29-17-14-27)18-26-23(25-12-10-22-4-3-15-30-22)24-11-9-20-5-7-21(28-2)8-6-20;/h3-8,15,19H,9-14,16-18H2,1-2H3,(H2,24,25,26);1H. The highest BCUT2D eigenvalue weighted by molar-refractivity contribution is 14.0. The number of guanidine groups is 1. The third kappa shape index (κ3) is 9.08. The van der Waals surface area contributed by atoms with Gasteiger partial charge in [0.25, 0.3) is 0 Å². The second-order valence-electron chi connectivity index (χ2n) is 7.47. The van der Waals surface area contributed by atoms with E-state index in [1.54, 1.807) is 13.4 Å². The summed E-state index contributed by atoms with van der Waals surface area (Å²) in [7, 11) is 1.69. The van der Waals surface area contributed by atoms with E-state index < -0.39 is 0 Å². The Morgan fingerprint density at radius 1 is 1.10 bits per heavy atom. The SMILES string of the molecule is COc1ccc(CCNC(=NCC(C)N2CCOCC2)NCCc2ccco2)cc1.I. The van der Waals surface area contributed by atoms with Gasteiger partial charge in [0.15, 0.2) is 5.96 Å². The van der Waals surface area contributed by atoms with E-state index in [2.05, 4.69) is 34.6 Å². The van der Waals surface area contributed by atoms with Crippen molar-refractivity contribution in [3.05, 3.63) is 54.0 Å². The summed E-state index contributed by atoms with van der Waals surface area (Å²) in [4.78, 5) is 7.27. The number of hydrogen-bond donors (Lipinski definition) is 2. The molecule has 8 heteroatoms. The summed E-state index contributed by atoms with van der Waals surface area (Å²) in [6, 6.07) is 12.5. The Hall–Kier alpha value is -1.78. The number of furan rings is 1. The van der Waals surface area contributed by atoms with Crippen LogP contribution in [0.15, 0.2) is 52.1 Å². The third-order valence-electron chi connectivity index (χ3n) is 5.29. The Labute approximate surface area is 202 Å². The number of hydrogen-bond acceptors (Lipinski definition) is 5. The Kier molecular flexibility index (Phi) is 11.8. The lowest BCUT2D eigenvalue weighted by Gasteiger charge is -2.31. The topological polar surface area (TPSA) is 71.3 Å².